The van der Waals surface area contributed by atoms with Gasteiger partial charge < -0.3 is 49.3 Å². The van der Waals surface area contributed by atoms with E-state index in [0.717, 1.165) is 50.1 Å². The van der Waals surface area contributed by atoms with Crippen LogP contribution in [0.3, 0.4) is 0 Å². The molecular weight excluding hydrogens is 879 g/mol. The third kappa shape index (κ3) is 7.93. The number of amides is 4. The molecule has 2 saturated heterocycles. The highest BCUT2D eigenvalue weighted by Crippen LogP contribution is 2.81. The second-order valence-corrected chi connectivity index (χ2v) is 18.6. The monoisotopic (exact) mass is 930 g/mol. The Balaban J connectivity index is 0.913. The first-order valence-corrected chi connectivity index (χ1v) is 22.8. The summed E-state index contributed by atoms with van der Waals surface area (Å²) in [4.78, 5) is 73.3. The van der Waals surface area contributed by atoms with Gasteiger partial charge in [0.2, 0.25) is 5.91 Å². The number of imidazole rings is 2. The lowest BCUT2D eigenvalue weighted by Crippen LogP contribution is -2.51. The molecule has 4 fully saturated rings. The predicted octanol–water partition coefficient (Wildman–Crippen LogP) is 8.04. The number of carbonyl (C=O) groups is 4. The zero-order valence-corrected chi connectivity index (χ0v) is 38.3. The SMILES string of the molecule is COC(=O)N[C@H](C(=O)N1C(c2ncc(-c3ccc4c(c3)COc3cc5c(ccc6nc([C@H](C)N(C[C@H](C)COC(F)F)C(=O)[C@H](NC(=O)OC)c7ccccc7)[nH]c65)cc3-4)[nH]2)[C@H]2C3[C@H]2[C@@H]31)C(C)C. The number of benzene rings is 4. The van der Waals surface area contributed by atoms with Crippen molar-refractivity contribution >= 4 is 45.8 Å². The maximum Gasteiger partial charge on any atom is 0.407 e. The van der Waals surface area contributed by atoms with Crippen molar-refractivity contribution in [1.82, 2.24) is 40.4 Å². The number of fused-ring (bicyclic) bond motifs is 7. The molecule has 4 N–H and O–H groups in total. The fourth-order valence-electron chi connectivity index (χ4n) is 10.5. The van der Waals surface area contributed by atoms with Crippen LogP contribution in [0.4, 0.5) is 18.4 Å². The number of hydrogen-bond donors (Lipinski definition) is 4. The molecule has 5 aliphatic rings. The summed E-state index contributed by atoms with van der Waals surface area (Å²) in [5.41, 5.74) is 6.58. The van der Waals surface area contributed by atoms with Gasteiger partial charge in [-0.1, -0.05) is 69.3 Å². The number of hydrogen-bond acceptors (Lipinski definition) is 10. The van der Waals surface area contributed by atoms with Crippen LogP contribution in [0.15, 0.2) is 79.0 Å². The van der Waals surface area contributed by atoms with Gasteiger partial charge in [0.15, 0.2) is 0 Å². The number of piperidine rings is 1. The minimum absolute atomic E-state index is 0.0129. The molecule has 0 radical (unpaired) electrons. The highest BCUT2D eigenvalue weighted by Gasteiger charge is 2.85. The number of alkyl carbamates (subject to hydrolysis) is 2. The van der Waals surface area contributed by atoms with Crippen molar-refractivity contribution in [2.45, 2.75) is 71.1 Å². The van der Waals surface area contributed by atoms with E-state index in [4.69, 9.17) is 24.2 Å². The third-order valence-corrected chi connectivity index (χ3v) is 14.0. The summed E-state index contributed by atoms with van der Waals surface area (Å²) in [6.07, 6.45) is 0.370. The van der Waals surface area contributed by atoms with E-state index in [-0.39, 0.29) is 37.1 Å². The van der Waals surface area contributed by atoms with E-state index in [9.17, 15) is 28.0 Å². The van der Waals surface area contributed by atoms with Gasteiger partial charge in [-0.3, -0.25) is 9.59 Å². The average molecular weight is 931 g/mol. The first kappa shape index (κ1) is 44.7. The van der Waals surface area contributed by atoms with Gasteiger partial charge in [-0.25, -0.2) is 19.6 Å². The van der Waals surface area contributed by atoms with Crippen LogP contribution in [0.25, 0.3) is 44.2 Å². The van der Waals surface area contributed by atoms with E-state index in [1.54, 1.807) is 44.2 Å². The molecule has 0 spiro atoms. The molecule has 2 unspecified atom stereocenters. The number of H-pyrrole nitrogens is 2. The molecule has 354 valence electrons. The standard InChI is InChI=1S/C50H52F2N8O8/c1-23(2)39(57-49(63)65-5)47(62)60-42-36-37(42)38(36)43(60)45-53-19-34(55-45)28-12-14-30-29(16-28)22-67-35-18-31-27(17-32(30)35)13-15-33-41(31)56-44(54-33)25(4)59(20-24(3)21-68-48(51)52)46(61)40(58-50(64)66-6)26-10-8-7-9-11-26/h7-19,23-25,36-40,42-43,48H,20-22H2,1-6H3,(H,53,55)(H,54,56)(H,57,63)(H,58,64)/t24-,25-,36+,37?,38+,39-,40+,42-,43?/m0/s1. The number of aromatic amines is 2. The largest absolute Gasteiger partial charge is 0.488 e. The Bertz CT molecular complexity index is 2930. The third-order valence-electron chi connectivity index (χ3n) is 14.0. The van der Waals surface area contributed by atoms with Crippen molar-refractivity contribution in [1.29, 1.82) is 0 Å². The maximum absolute atomic E-state index is 14.5. The van der Waals surface area contributed by atoms with Crippen molar-refractivity contribution < 1.29 is 46.9 Å². The minimum Gasteiger partial charge on any atom is -0.488 e. The Morgan fingerprint density at radius 3 is 2.37 bits per heavy atom. The van der Waals surface area contributed by atoms with E-state index in [1.165, 1.54) is 19.1 Å². The van der Waals surface area contributed by atoms with Gasteiger partial charge in [0.25, 0.3) is 5.91 Å². The first-order chi connectivity index (χ1) is 32.8. The van der Waals surface area contributed by atoms with E-state index < -0.39 is 48.7 Å². The Morgan fingerprint density at radius 1 is 0.897 bits per heavy atom. The van der Waals surface area contributed by atoms with Gasteiger partial charge in [-0.2, -0.15) is 8.78 Å². The van der Waals surface area contributed by atoms with Crippen LogP contribution in [-0.2, 0) is 30.4 Å². The summed E-state index contributed by atoms with van der Waals surface area (Å²) in [7, 11) is 2.50. The summed E-state index contributed by atoms with van der Waals surface area (Å²) in [5.74, 6) is 1.96. The van der Waals surface area contributed by atoms with Gasteiger partial charge in [-0.05, 0) is 88.4 Å². The topological polar surface area (TPSA) is 193 Å². The first-order valence-electron chi connectivity index (χ1n) is 22.8. The highest BCUT2D eigenvalue weighted by molar-refractivity contribution is 6.07. The van der Waals surface area contributed by atoms with Crippen molar-refractivity contribution in [3.05, 3.63) is 102 Å². The molecule has 4 amide bonds. The second kappa shape index (κ2) is 17.5. The molecule has 2 aliphatic carbocycles. The highest BCUT2D eigenvalue weighted by atomic mass is 19.3. The molecule has 9 atom stereocenters. The molecule has 16 nitrogen and oxygen atoms in total. The molecule has 3 aliphatic heterocycles. The molecule has 11 rings (SSSR count). The number of carbonyl (C=O) groups excluding carboxylic acids is 4. The predicted molar refractivity (Wildman–Crippen MR) is 245 cm³/mol. The van der Waals surface area contributed by atoms with Gasteiger partial charge in [0, 0.05) is 23.5 Å². The lowest BCUT2D eigenvalue weighted by Gasteiger charge is -2.33. The van der Waals surface area contributed by atoms with E-state index in [2.05, 4.69) is 49.6 Å². The molecule has 6 aromatic rings. The Hall–Kier alpha value is -7.08. The fourth-order valence-corrected chi connectivity index (χ4v) is 10.5. The van der Waals surface area contributed by atoms with Crippen LogP contribution in [0.5, 0.6) is 5.75 Å². The molecule has 2 saturated carbocycles. The van der Waals surface area contributed by atoms with Gasteiger partial charge in [0.1, 0.15) is 36.1 Å². The molecule has 4 aromatic carbocycles. The smallest absolute Gasteiger partial charge is 0.407 e. The Morgan fingerprint density at radius 2 is 1.65 bits per heavy atom. The zero-order valence-electron chi connectivity index (χ0n) is 38.3. The van der Waals surface area contributed by atoms with Crippen LogP contribution in [0, 0.1) is 29.6 Å². The molecule has 68 heavy (non-hydrogen) atoms. The molecule has 2 bridgehead atoms. The Kier molecular flexibility index (Phi) is 11.5. The number of nitrogens with one attached hydrogen (secondary N) is 4. The number of methoxy groups -OCH3 is 2. The van der Waals surface area contributed by atoms with Crippen molar-refractivity contribution in [3.63, 3.8) is 0 Å². The lowest BCUT2D eigenvalue weighted by atomic mass is 9.92. The van der Waals surface area contributed by atoms with Crippen LogP contribution >= 0.6 is 0 Å². The van der Waals surface area contributed by atoms with Crippen LogP contribution in [0.1, 0.15) is 68.6 Å². The quantitative estimate of drug-likeness (QED) is 0.0784. The number of rotatable bonds is 15. The van der Waals surface area contributed by atoms with Gasteiger partial charge in [0.05, 0.1) is 55.8 Å². The normalized spacial score (nSPS) is 21.3. The zero-order chi connectivity index (χ0) is 47.7. The van der Waals surface area contributed by atoms with Crippen LogP contribution in [-0.4, -0.2) is 99.8 Å². The minimum atomic E-state index is -2.97. The van der Waals surface area contributed by atoms with Crippen LogP contribution < -0.4 is 15.4 Å². The summed E-state index contributed by atoms with van der Waals surface area (Å²) in [6, 6.07) is 20.3. The molecule has 2 aromatic heterocycles. The van der Waals surface area contributed by atoms with Gasteiger partial charge in [-0.15, -0.1) is 0 Å². The fraction of sp³-hybridized carbons (Fsp3) is 0.400. The number of ether oxygens (including phenoxy) is 4. The summed E-state index contributed by atoms with van der Waals surface area (Å²) in [5, 5.41) is 7.16. The van der Waals surface area contributed by atoms with Crippen LogP contribution in [0.2, 0.25) is 0 Å². The number of nitrogens with zero attached hydrogens (tertiary/aromatic N) is 4. The summed E-state index contributed by atoms with van der Waals surface area (Å²) < 4.78 is 46.9. The maximum atomic E-state index is 14.5. The van der Waals surface area contributed by atoms with E-state index >= 15 is 0 Å². The lowest BCUT2D eigenvalue weighted by molar-refractivity contribution is -0.144. The second-order valence-electron chi connectivity index (χ2n) is 18.6. The number of alkyl halides is 2. The van der Waals surface area contributed by atoms with Crippen molar-refractivity contribution in [2.75, 3.05) is 27.4 Å². The van der Waals surface area contributed by atoms with E-state index in [1.807, 2.05) is 43.1 Å². The average Bonchev–Trinajstić information content (AvgIpc) is 3.86. The van der Waals surface area contributed by atoms with Crippen molar-refractivity contribution in [3.8, 4) is 28.1 Å². The number of halogens is 2. The van der Waals surface area contributed by atoms with Gasteiger partial charge >= 0.3 is 18.8 Å². The van der Waals surface area contributed by atoms with E-state index in [0.29, 0.717) is 47.0 Å². The molecule has 5 heterocycles. The van der Waals surface area contributed by atoms with Crippen molar-refractivity contribution in [2.24, 2.45) is 29.6 Å². The molecular formula is C50H52F2N8O8. The molecule has 18 heteroatoms. The number of aromatic nitrogens is 4. The summed E-state index contributed by atoms with van der Waals surface area (Å²) in [6.45, 7) is 4.37. The Labute approximate surface area is 390 Å². The summed E-state index contributed by atoms with van der Waals surface area (Å²) >= 11 is 0.